The predicted molar refractivity (Wildman–Crippen MR) is 92.9 cm³/mol. The third kappa shape index (κ3) is 3.36. The summed E-state index contributed by atoms with van der Waals surface area (Å²) >= 11 is 1.79. The normalized spacial score (nSPS) is 15.2. The minimum absolute atomic E-state index is 0.345. The molecule has 22 heavy (non-hydrogen) atoms. The number of para-hydroxylation sites is 1. The van der Waals surface area contributed by atoms with Gasteiger partial charge in [0.2, 0.25) is 0 Å². The Labute approximate surface area is 136 Å². The number of anilines is 1. The lowest BCUT2D eigenvalue weighted by molar-refractivity contribution is -0.118. The lowest BCUT2D eigenvalue weighted by Gasteiger charge is -2.29. The number of carbonyl (C=O) groups excluding carboxylic acids is 1. The number of hydrogen-bond acceptors (Lipinski definition) is 3. The molecule has 114 valence electrons. The van der Waals surface area contributed by atoms with Crippen molar-refractivity contribution >= 4 is 23.2 Å². The maximum absolute atomic E-state index is 11.8. The van der Waals surface area contributed by atoms with Gasteiger partial charge in [-0.05, 0) is 44.0 Å². The van der Waals surface area contributed by atoms with E-state index in [9.17, 15) is 4.79 Å². The van der Waals surface area contributed by atoms with Crippen LogP contribution in [0, 0.1) is 13.8 Å². The number of hydrogen-bond donors (Lipinski definition) is 0. The molecule has 1 aliphatic rings. The Balaban J connectivity index is 1.89. The molecule has 1 aliphatic heterocycles. The van der Waals surface area contributed by atoms with E-state index in [1.165, 1.54) is 26.6 Å². The van der Waals surface area contributed by atoms with Crippen molar-refractivity contribution in [1.29, 1.82) is 0 Å². The molecule has 0 atom stereocenters. The summed E-state index contributed by atoms with van der Waals surface area (Å²) in [6.07, 6.45) is 1.68. The third-order valence-corrected chi connectivity index (χ3v) is 5.25. The summed E-state index contributed by atoms with van der Waals surface area (Å²) in [5, 5.41) is 0. The van der Waals surface area contributed by atoms with Gasteiger partial charge in [0, 0.05) is 22.8 Å². The van der Waals surface area contributed by atoms with Crippen LogP contribution in [-0.2, 0) is 4.79 Å². The molecule has 0 saturated carbocycles. The SMILES string of the molecule is Cc1ccc(Sc2ccccc2N2CCCC(=O)C2)c(C)c1. The highest BCUT2D eigenvalue weighted by atomic mass is 32.2. The van der Waals surface area contributed by atoms with Crippen LogP contribution < -0.4 is 4.90 Å². The molecule has 0 aromatic heterocycles. The Hall–Kier alpha value is -1.74. The molecule has 2 nitrogen and oxygen atoms in total. The Morgan fingerprint density at radius 3 is 2.64 bits per heavy atom. The molecule has 2 aromatic rings. The van der Waals surface area contributed by atoms with Gasteiger partial charge in [-0.1, -0.05) is 41.6 Å². The maximum atomic E-state index is 11.8. The average Bonchev–Trinajstić information content (AvgIpc) is 2.50. The van der Waals surface area contributed by atoms with Crippen molar-refractivity contribution < 1.29 is 4.79 Å². The number of ketones is 1. The second kappa shape index (κ2) is 6.57. The molecule has 3 heteroatoms. The summed E-state index contributed by atoms with van der Waals surface area (Å²) in [4.78, 5) is 16.5. The van der Waals surface area contributed by atoms with Crippen molar-refractivity contribution in [3.8, 4) is 0 Å². The van der Waals surface area contributed by atoms with E-state index in [-0.39, 0.29) is 0 Å². The number of carbonyl (C=O) groups is 1. The minimum Gasteiger partial charge on any atom is -0.363 e. The number of aryl methyl sites for hydroxylation is 2. The summed E-state index contributed by atoms with van der Waals surface area (Å²) in [6, 6.07) is 15.0. The summed E-state index contributed by atoms with van der Waals surface area (Å²) in [6.45, 7) is 5.79. The molecular formula is C19H21NOS. The van der Waals surface area contributed by atoms with E-state index in [1.54, 1.807) is 11.8 Å². The van der Waals surface area contributed by atoms with Crippen LogP contribution in [-0.4, -0.2) is 18.9 Å². The molecule has 2 aromatic carbocycles. The number of rotatable bonds is 3. The van der Waals surface area contributed by atoms with Crippen LogP contribution in [0.2, 0.25) is 0 Å². The molecule has 1 fully saturated rings. The Morgan fingerprint density at radius 2 is 1.86 bits per heavy atom. The van der Waals surface area contributed by atoms with Crippen LogP contribution >= 0.6 is 11.8 Å². The van der Waals surface area contributed by atoms with Crippen molar-refractivity contribution in [2.75, 3.05) is 18.0 Å². The molecule has 1 heterocycles. The van der Waals surface area contributed by atoms with E-state index < -0.39 is 0 Å². The van der Waals surface area contributed by atoms with Gasteiger partial charge in [0.05, 0.1) is 12.2 Å². The Morgan fingerprint density at radius 1 is 1.05 bits per heavy atom. The van der Waals surface area contributed by atoms with E-state index in [0.29, 0.717) is 12.3 Å². The topological polar surface area (TPSA) is 20.3 Å². The molecule has 0 spiro atoms. The van der Waals surface area contributed by atoms with Crippen LogP contribution in [0.4, 0.5) is 5.69 Å². The first-order chi connectivity index (χ1) is 10.6. The van der Waals surface area contributed by atoms with Crippen LogP contribution in [0.15, 0.2) is 52.3 Å². The molecule has 0 N–H and O–H groups in total. The molecule has 0 unspecified atom stereocenters. The summed E-state index contributed by atoms with van der Waals surface area (Å²) in [5.41, 5.74) is 3.77. The first kappa shape index (κ1) is 15.2. The molecule has 3 rings (SSSR count). The summed E-state index contributed by atoms with van der Waals surface area (Å²) in [7, 11) is 0. The number of piperidine rings is 1. The second-order valence-electron chi connectivity index (χ2n) is 5.90. The quantitative estimate of drug-likeness (QED) is 0.824. The molecular weight excluding hydrogens is 290 g/mol. The smallest absolute Gasteiger partial charge is 0.152 e. The molecule has 1 saturated heterocycles. The van der Waals surface area contributed by atoms with E-state index >= 15 is 0 Å². The molecule has 0 aliphatic carbocycles. The van der Waals surface area contributed by atoms with Crippen molar-refractivity contribution in [3.63, 3.8) is 0 Å². The molecule has 0 bridgehead atoms. The zero-order valence-corrected chi connectivity index (χ0v) is 14.0. The number of benzene rings is 2. The lowest BCUT2D eigenvalue weighted by Crippen LogP contribution is -2.35. The van der Waals surface area contributed by atoms with Crippen molar-refractivity contribution in [3.05, 3.63) is 53.6 Å². The zero-order valence-electron chi connectivity index (χ0n) is 13.1. The maximum Gasteiger partial charge on any atom is 0.152 e. The Kier molecular flexibility index (Phi) is 4.53. The van der Waals surface area contributed by atoms with Gasteiger partial charge in [0.25, 0.3) is 0 Å². The van der Waals surface area contributed by atoms with Crippen molar-refractivity contribution in [2.45, 2.75) is 36.5 Å². The van der Waals surface area contributed by atoms with Gasteiger partial charge in [-0.25, -0.2) is 0 Å². The standard InChI is InChI=1S/C19H21NOS/c1-14-9-10-18(15(2)12-14)22-19-8-4-3-7-17(19)20-11-5-6-16(21)13-20/h3-4,7-10,12H,5-6,11,13H2,1-2H3. The minimum atomic E-state index is 0.345. The van der Waals surface area contributed by atoms with Gasteiger partial charge in [-0.15, -0.1) is 0 Å². The van der Waals surface area contributed by atoms with Crippen molar-refractivity contribution in [1.82, 2.24) is 0 Å². The monoisotopic (exact) mass is 311 g/mol. The van der Waals surface area contributed by atoms with Gasteiger partial charge >= 0.3 is 0 Å². The fourth-order valence-electron chi connectivity index (χ4n) is 2.88. The zero-order chi connectivity index (χ0) is 15.5. The van der Waals surface area contributed by atoms with E-state index in [1.807, 2.05) is 0 Å². The lowest BCUT2D eigenvalue weighted by atomic mass is 10.1. The predicted octanol–water partition coefficient (Wildman–Crippen LogP) is 4.62. The van der Waals surface area contributed by atoms with Gasteiger partial charge in [-0.3, -0.25) is 4.79 Å². The van der Waals surface area contributed by atoms with Gasteiger partial charge in [-0.2, -0.15) is 0 Å². The van der Waals surface area contributed by atoms with E-state index in [2.05, 4.69) is 61.2 Å². The highest BCUT2D eigenvalue weighted by Gasteiger charge is 2.19. The van der Waals surface area contributed by atoms with Gasteiger partial charge in [0.1, 0.15) is 0 Å². The number of Topliss-reactive ketones (excluding diaryl/α,β-unsaturated/α-hetero) is 1. The van der Waals surface area contributed by atoms with E-state index in [0.717, 1.165) is 19.4 Å². The van der Waals surface area contributed by atoms with Crippen LogP contribution in [0.1, 0.15) is 24.0 Å². The van der Waals surface area contributed by atoms with E-state index in [4.69, 9.17) is 0 Å². The highest BCUT2D eigenvalue weighted by molar-refractivity contribution is 7.99. The van der Waals surface area contributed by atoms with Gasteiger partial charge in [0.15, 0.2) is 5.78 Å². The van der Waals surface area contributed by atoms with Gasteiger partial charge < -0.3 is 4.90 Å². The fourth-order valence-corrected chi connectivity index (χ4v) is 3.92. The largest absolute Gasteiger partial charge is 0.363 e. The van der Waals surface area contributed by atoms with Crippen LogP contribution in [0.3, 0.4) is 0 Å². The molecule has 0 amide bonds. The second-order valence-corrected chi connectivity index (χ2v) is 6.99. The van der Waals surface area contributed by atoms with Crippen LogP contribution in [0.5, 0.6) is 0 Å². The van der Waals surface area contributed by atoms with Crippen molar-refractivity contribution in [2.24, 2.45) is 0 Å². The average molecular weight is 311 g/mol. The highest BCUT2D eigenvalue weighted by Crippen LogP contribution is 2.37. The summed E-state index contributed by atoms with van der Waals surface area (Å²) < 4.78 is 0. The first-order valence-corrected chi connectivity index (χ1v) is 8.56. The first-order valence-electron chi connectivity index (χ1n) is 7.74. The fraction of sp³-hybridized carbons (Fsp3) is 0.316. The Bertz CT molecular complexity index is 696. The van der Waals surface area contributed by atoms with Crippen LogP contribution in [0.25, 0.3) is 0 Å². The molecule has 0 radical (unpaired) electrons. The summed E-state index contributed by atoms with van der Waals surface area (Å²) in [5.74, 6) is 0.345. The third-order valence-electron chi connectivity index (χ3n) is 4.01. The number of nitrogens with zero attached hydrogens (tertiary/aromatic N) is 1.